The van der Waals surface area contributed by atoms with Crippen LogP contribution < -0.4 is 4.74 Å². The van der Waals surface area contributed by atoms with Crippen molar-refractivity contribution in [2.45, 2.75) is 25.9 Å². The van der Waals surface area contributed by atoms with Crippen LogP contribution in [0.1, 0.15) is 18.4 Å². The van der Waals surface area contributed by atoms with Gasteiger partial charge in [0, 0.05) is 0 Å². The zero-order chi connectivity index (χ0) is 8.55. The van der Waals surface area contributed by atoms with Crippen LogP contribution in [0.4, 0.5) is 0 Å². The first kappa shape index (κ1) is 8.05. The second kappa shape index (κ2) is 3.05. The topological polar surface area (TPSA) is 22.1 Å². The Morgan fingerprint density at radius 3 is 2.92 bits per heavy atom. The number of rotatable bonds is 2. The fraction of sp³-hybridized carbons (Fsp3) is 0.444. The molecule has 1 saturated carbocycles. The molecule has 0 aliphatic heterocycles. The summed E-state index contributed by atoms with van der Waals surface area (Å²) in [5.74, 6) is 0.917. The van der Waals surface area contributed by atoms with Gasteiger partial charge in [0.1, 0.15) is 10.4 Å². The Labute approximate surface area is 80.1 Å². The summed E-state index contributed by atoms with van der Waals surface area (Å²) in [6.45, 7) is 2.03. The van der Waals surface area contributed by atoms with Gasteiger partial charge in [-0.3, -0.25) is 0 Å². The van der Waals surface area contributed by atoms with E-state index in [9.17, 15) is 0 Å². The highest BCUT2D eigenvalue weighted by molar-refractivity contribution is 9.10. The van der Waals surface area contributed by atoms with Crippen LogP contribution >= 0.6 is 15.9 Å². The van der Waals surface area contributed by atoms with Crippen molar-refractivity contribution in [3.05, 3.63) is 22.4 Å². The van der Waals surface area contributed by atoms with E-state index in [2.05, 4.69) is 20.9 Å². The molecule has 0 unspecified atom stereocenters. The van der Waals surface area contributed by atoms with Gasteiger partial charge in [0.25, 0.3) is 0 Å². The minimum Gasteiger partial charge on any atom is -0.489 e. The molecular weight excluding hydrogens is 218 g/mol. The number of aryl methyl sites for hydroxylation is 1. The lowest BCUT2D eigenvalue weighted by Crippen LogP contribution is -1.98. The average molecular weight is 228 g/mol. The second-order valence-corrected chi connectivity index (χ2v) is 3.90. The van der Waals surface area contributed by atoms with Crippen LogP contribution in [0.2, 0.25) is 0 Å². The number of pyridine rings is 1. The minimum absolute atomic E-state index is 0.451. The predicted octanol–water partition coefficient (Wildman–Crippen LogP) is 2.69. The van der Waals surface area contributed by atoms with Crippen molar-refractivity contribution in [2.75, 3.05) is 0 Å². The maximum Gasteiger partial charge on any atom is 0.140 e. The number of aromatic nitrogens is 1. The number of halogens is 1. The minimum atomic E-state index is 0.451. The molecule has 0 amide bonds. The fourth-order valence-corrected chi connectivity index (χ4v) is 1.44. The van der Waals surface area contributed by atoms with Gasteiger partial charge in [0.15, 0.2) is 0 Å². The molecule has 1 heterocycles. The van der Waals surface area contributed by atoms with E-state index in [1.54, 1.807) is 6.20 Å². The summed E-state index contributed by atoms with van der Waals surface area (Å²) in [5, 5.41) is 0. The summed E-state index contributed by atoms with van der Waals surface area (Å²) in [7, 11) is 0. The molecule has 0 bridgehead atoms. The Bertz CT molecular complexity index is 297. The van der Waals surface area contributed by atoms with Gasteiger partial charge in [-0.25, -0.2) is 4.98 Å². The molecule has 1 aromatic rings. The van der Waals surface area contributed by atoms with E-state index in [4.69, 9.17) is 4.74 Å². The smallest absolute Gasteiger partial charge is 0.140 e. The van der Waals surface area contributed by atoms with E-state index < -0.39 is 0 Å². The molecule has 3 heteroatoms. The molecule has 1 fully saturated rings. The Hall–Kier alpha value is -0.570. The molecule has 0 radical (unpaired) electrons. The molecule has 0 atom stereocenters. The maximum atomic E-state index is 5.63. The largest absolute Gasteiger partial charge is 0.489 e. The standard InChI is InChI=1S/C9H10BrNO/c1-6-4-9(10)11-5-8(6)12-7-2-3-7/h4-5,7H,2-3H2,1H3. The van der Waals surface area contributed by atoms with Crippen molar-refractivity contribution in [1.29, 1.82) is 0 Å². The Balaban J connectivity index is 2.18. The highest BCUT2D eigenvalue weighted by atomic mass is 79.9. The lowest BCUT2D eigenvalue weighted by molar-refractivity contribution is 0.300. The van der Waals surface area contributed by atoms with Crippen molar-refractivity contribution in [2.24, 2.45) is 0 Å². The highest BCUT2D eigenvalue weighted by Gasteiger charge is 2.24. The lowest BCUT2D eigenvalue weighted by atomic mass is 10.3. The SMILES string of the molecule is Cc1cc(Br)ncc1OC1CC1. The molecule has 0 aromatic carbocycles. The van der Waals surface area contributed by atoms with Crippen molar-refractivity contribution >= 4 is 15.9 Å². The highest BCUT2D eigenvalue weighted by Crippen LogP contribution is 2.29. The lowest BCUT2D eigenvalue weighted by Gasteiger charge is -2.06. The summed E-state index contributed by atoms with van der Waals surface area (Å²) < 4.78 is 6.49. The maximum absolute atomic E-state index is 5.63. The molecule has 64 valence electrons. The van der Waals surface area contributed by atoms with E-state index in [1.807, 2.05) is 13.0 Å². The first-order chi connectivity index (χ1) is 5.75. The van der Waals surface area contributed by atoms with Gasteiger partial charge >= 0.3 is 0 Å². The van der Waals surface area contributed by atoms with E-state index >= 15 is 0 Å². The quantitative estimate of drug-likeness (QED) is 0.726. The number of ether oxygens (including phenoxy) is 1. The van der Waals surface area contributed by atoms with Crippen LogP contribution in [-0.4, -0.2) is 11.1 Å². The molecule has 0 spiro atoms. The van der Waals surface area contributed by atoms with Gasteiger partial charge in [-0.15, -0.1) is 0 Å². The molecule has 2 rings (SSSR count). The van der Waals surface area contributed by atoms with E-state index in [1.165, 1.54) is 12.8 Å². The summed E-state index contributed by atoms with van der Waals surface area (Å²) in [6, 6.07) is 1.97. The molecule has 0 saturated heterocycles. The van der Waals surface area contributed by atoms with Crippen LogP contribution in [-0.2, 0) is 0 Å². The molecule has 1 aliphatic carbocycles. The van der Waals surface area contributed by atoms with Gasteiger partial charge in [0.05, 0.1) is 12.3 Å². The van der Waals surface area contributed by atoms with E-state index in [0.29, 0.717) is 6.10 Å². The third-order valence-corrected chi connectivity index (χ3v) is 2.28. The second-order valence-electron chi connectivity index (χ2n) is 3.09. The van der Waals surface area contributed by atoms with Crippen LogP contribution in [0.25, 0.3) is 0 Å². The van der Waals surface area contributed by atoms with Gasteiger partial charge in [-0.05, 0) is 47.3 Å². The van der Waals surface area contributed by atoms with E-state index in [0.717, 1.165) is 15.9 Å². The van der Waals surface area contributed by atoms with Gasteiger partial charge in [-0.1, -0.05) is 0 Å². The normalized spacial score (nSPS) is 16.2. The van der Waals surface area contributed by atoms with Crippen LogP contribution in [0.5, 0.6) is 5.75 Å². The molecule has 12 heavy (non-hydrogen) atoms. The van der Waals surface area contributed by atoms with Crippen LogP contribution in [0, 0.1) is 6.92 Å². The van der Waals surface area contributed by atoms with Gasteiger partial charge in [-0.2, -0.15) is 0 Å². The summed E-state index contributed by atoms with van der Waals surface area (Å²) in [4.78, 5) is 4.11. The molecule has 1 aliphatic rings. The molecule has 1 aromatic heterocycles. The van der Waals surface area contributed by atoms with E-state index in [-0.39, 0.29) is 0 Å². The number of nitrogens with zero attached hydrogens (tertiary/aromatic N) is 1. The zero-order valence-corrected chi connectivity index (χ0v) is 8.47. The predicted molar refractivity (Wildman–Crippen MR) is 50.3 cm³/mol. The van der Waals surface area contributed by atoms with Gasteiger partial charge < -0.3 is 4.74 Å². The molecule has 2 nitrogen and oxygen atoms in total. The van der Waals surface area contributed by atoms with Crippen LogP contribution in [0.3, 0.4) is 0 Å². The average Bonchev–Trinajstić information content (AvgIpc) is 2.79. The first-order valence-electron chi connectivity index (χ1n) is 4.04. The molecule has 0 N–H and O–H groups in total. The third kappa shape index (κ3) is 1.78. The van der Waals surface area contributed by atoms with Crippen molar-refractivity contribution in [1.82, 2.24) is 4.98 Å². The third-order valence-electron chi connectivity index (χ3n) is 1.85. The monoisotopic (exact) mass is 227 g/mol. The first-order valence-corrected chi connectivity index (χ1v) is 4.84. The summed E-state index contributed by atoms with van der Waals surface area (Å²) in [5.41, 5.74) is 1.14. The number of hydrogen-bond donors (Lipinski definition) is 0. The van der Waals surface area contributed by atoms with Crippen LogP contribution in [0.15, 0.2) is 16.9 Å². The van der Waals surface area contributed by atoms with Crippen molar-refractivity contribution in [3.63, 3.8) is 0 Å². The Kier molecular flexibility index (Phi) is 2.05. The summed E-state index contributed by atoms with van der Waals surface area (Å²) >= 11 is 3.31. The molecular formula is C9H10BrNO. The Morgan fingerprint density at radius 2 is 2.33 bits per heavy atom. The van der Waals surface area contributed by atoms with Crippen molar-refractivity contribution in [3.8, 4) is 5.75 Å². The summed E-state index contributed by atoms with van der Waals surface area (Å²) in [6.07, 6.45) is 4.61. The van der Waals surface area contributed by atoms with Gasteiger partial charge in [0.2, 0.25) is 0 Å². The fourth-order valence-electron chi connectivity index (χ4n) is 0.998. The Morgan fingerprint density at radius 1 is 1.58 bits per heavy atom. The zero-order valence-electron chi connectivity index (χ0n) is 6.88. The van der Waals surface area contributed by atoms with Crippen molar-refractivity contribution < 1.29 is 4.74 Å². The number of hydrogen-bond acceptors (Lipinski definition) is 2.